The SMILES string of the molecule is CCC[C@@H]1C=C[C@H]2[C@H](C(=O)N([C@@H](CO)[C@@H](C)CC)[C@@H]2C(=O)Nc2ccc(N(CC)CC)cc2)[C@@H]1C(=O)NC. The first-order chi connectivity index (χ1) is 18.3. The third-order valence-corrected chi connectivity index (χ3v) is 8.60. The number of aliphatic hydroxyl groups is 1. The summed E-state index contributed by atoms with van der Waals surface area (Å²) in [6.07, 6.45) is 6.42. The number of nitrogens with one attached hydrogen (secondary N) is 2. The van der Waals surface area contributed by atoms with Crippen LogP contribution in [-0.2, 0) is 14.4 Å². The fourth-order valence-corrected chi connectivity index (χ4v) is 6.31. The van der Waals surface area contributed by atoms with E-state index in [-0.39, 0.29) is 36.2 Å². The number of nitrogens with zero attached hydrogens (tertiary/aromatic N) is 2. The Kier molecular flexibility index (Phi) is 10.4. The van der Waals surface area contributed by atoms with Gasteiger partial charge in [0.15, 0.2) is 0 Å². The van der Waals surface area contributed by atoms with Gasteiger partial charge in [-0.1, -0.05) is 45.8 Å². The Hall–Kier alpha value is -2.87. The summed E-state index contributed by atoms with van der Waals surface area (Å²) in [7, 11) is 1.59. The van der Waals surface area contributed by atoms with Crippen molar-refractivity contribution in [1.29, 1.82) is 0 Å². The largest absolute Gasteiger partial charge is 0.394 e. The molecule has 2 aliphatic rings. The van der Waals surface area contributed by atoms with Crippen molar-refractivity contribution >= 4 is 29.1 Å². The summed E-state index contributed by atoms with van der Waals surface area (Å²) >= 11 is 0. The zero-order valence-electron chi connectivity index (χ0n) is 23.8. The molecule has 38 heavy (non-hydrogen) atoms. The molecule has 8 heteroatoms. The minimum absolute atomic E-state index is 0.0124. The second-order valence-corrected chi connectivity index (χ2v) is 10.6. The van der Waals surface area contributed by atoms with Gasteiger partial charge in [0.1, 0.15) is 6.04 Å². The fraction of sp³-hybridized carbons (Fsp3) is 0.633. The van der Waals surface area contributed by atoms with Crippen molar-refractivity contribution in [2.45, 2.75) is 66.0 Å². The third kappa shape index (κ3) is 5.75. The van der Waals surface area contributed by atoms with Crippen LogP contribution in [0.25, 0.3) is 0 Å². The molecule has 1 aromatic rings. The fourth-order valence-electron chi connectivity index (χ4n) is 6.31. The van der Waals surface area contributed by atoms with Crippen molar-refractivity contribution < 1.29 is 19.5 Å². The Balaban J connectivity index is 2.01. The minimum Gasteiger partial charge on any atom is -0.394 e. The molecule has 0 spiro atoms. The number of allylic oxidation sites excluding steroid dienone is 1. The average Bonchev–Trinajstić information content (AvgIpc) is 3.22. The molecule has 1 aliphatic carbocycles. The van der Waals surface area contributed by atoms with Gasteiger partial charge in [-0.25, -0.2) is 0 Å². The van der Waals surface area contributed by atoms with Crippen LogP contribution >= 0.6 is 0 Å². The molecule has 3 N–H and O–H groups in total. The number of anilines is 2. The van der Waals surface area contributed by atoms with Crippen LogP contribution in [0, 0.1) is 29.6 Å². The first-order valence-corrected chi connectivity index (χ1v) is 14.3. The van der Waals surface area contributed by atoms with Crippen LogP contribution in [0.3, 0.4) is 0 Å². The van der Waals surface area contributed by atoms with Crippen molar-refractivity contribution in [2.24, 2.45) is 29.6 Å². The van der Waals surface area contributed by atoms with E-state index in [2.05, 4.69) is 36.3 Å². The normalized spacial score (nSPS) is 26.0. The van der Waals surface area contributed by atoms with Crippen molar-refractivity contribution in [3.63, 3.8) is 0 Å². The Bertz CT molecular complexity index is 990. The summed E-state index contributed by atoms with van der Waals surface area (Å²) in [5, 5.41) is 16.2. The van der Waals surface area contributed by atoms with Gasteiger partial charge >= 0.3 is 0 Å². The Morgan fingerprint density at radius 2 is 1.71 bits per heavy atom. The highest BCUT2D eigenvalue weighted by atomic mass is 16.3. The van der Waals surface area contributed by atoms with Crippen molar-refractivity contribution in [1.82, 2.24) is 10.2 Å². The monoisotopic (exact) mass is 526 g/mol. The number of likely N-dealkylation sites (tertiary alicyclic amines) is 1. The zero-order valence-corrected chi connectivity index (χ0v) is 23.8. The molecule has 0 unspecified atom stereocenters. The van der Waals surface area contributed by atoms with Crippen LogP contribution in [-0.4, -0.2) is 66.6 Å². The summed E-state index contributed by atoms with van der Waals surface area (Å²) in [6.45, 7) is 11.8. The zero-order chi connectivity index (χ0) is 28.0. The predicted octanol–water partition coefficient (Wildman–Crippen LogP) is 3.67. The Morgan fingerprint density at radius 3 is 2.24 bits per heavy atom. The van der Waals surface area contributed by atoms with Crippen LogP contribution in [0.1, 0.15) is 53.9 Å². The van der Waals surface area contributed by atoms with Crippen LogP contribution in [0.15, 0.2) is 36.4 Å². The molecule has 8 nitrogen and oxygen atoms in total. The highest BCUT2D eigenvalue weighted by molar-refractivity contribution is 6.02. The van der Waals surface area contributed by atoms with Gasteiger partial charge < -0.3 is 25.5 Å². The van der Waals surface area contributed by atoms with E-state index in [4.69, 9.17) is 0 Å². The molecule has 0 aromatic heterocycles. The van der Waals surface area contributed by atoms with Crippen molar-refractivity contribution in [3.05, 3.63) is 36.4 Å². The standard InChI is InChI=1S/C30H46N4O4/c1-7-11-20-12-17-23-26(25(20)28(36)31-6)30(38)34(24(18-35)19(5)8-2)27(23)29(37)32-21-13-15-22(16-14-21)33(9-3)10-4/h12-17,19-20,23-27,35H,7-11,18H2,1-6H3,(H,31,36)(H,32,37)/t19-,20+,23-,24-,25+,26-,27-/m0/s1. The minimum atomic E-state index is -0.813. The van der Waals surface area contributed by atoms with E-state index in [1.807, 2.05) is 50.3 Å². The van der Waals surface area contributed by atoms with Gasteiger partial charge in [0.05, 0.1) is 24.5 Å². The van der Waals surface area contributed by atoms with Gasteiger partial charge in [0, 0.05) is 37.4 Å². The number of carbonyl (C=O) groups excluding carboxylic acids is 3. The van der Waals surface area contributed by atoms with Gasteiger partial charge in [0.25, 0.3) is 0 Å². The average molecular weight is 527 g/mol. The Morgan fingerprint density at radius 1 is 1.05 bits per heavy atom. The van der Waals surface area contributed by atoms with E-state index in [9.17, 15) is 19.5 Å². The molecule has 3 rings (SSSR count). The van der Waals surface area contributed by atoms with E-state index in [0.717, 1.165) is 38.0 Å². The summed E-state index contributed by atoms with van der Waals surface area (Å²) in [4.78, 5) is 45.0. The molecular weight excluding hydrogens is 480 g/mol. The lowest BCUT2D eigenvalue weighted by atomic mass is 9.68. The number of carbonyl (C=O) groups is 3. The van der Waals surface area contributed by atoms with E-state index in [1.165, 1.54) is 0 Å². The molecule has 0 bridgehead atoms. The number of hydrogen-bond acceptors (Lipinski definition) is 5. The number of benzene rings is 1. The van der Waals surface area contributed by atoms with Gasteiger partial charge in [-0.05, 0) is 56.4 Å². The second kappa shape index (κ2) is 13.3. The Labute approximate surface area is 227 Å². The maximum absolute atomic E-state index is 14.1. The molecule has 7 atom stereocenters. The molecule has 1 heterocycles. The number of fused-ring (bicyclic) bond motifs is 1. The van der Waals surface area contributed by atoms with Gasteiger partial charge in [-0.3, -0.25) is 14.4 Å². The number of amides is 3. The summed E-state index contributed by atoms with van der Waals surface area (Å²) in [5.74, 6) is -2.41. The number of rotatable bonds is 12. The molecule has 210 valence electrons. The topological polar surface area (TPSA) is 102 Å². The molecule has 1 fully saturated rings. The van der Waals surface area contributed by atoms with Gasteiger partial charge in [-0.2, -0.15) is 0 Å². The first kappa shape index (κ1) is 29.7. The van der Waals surface area contributed by atoms with E-state index >= 15 is 0 Å². The summed E-state index contributed by atoms with van der Waals surface area (Å²) in [5.41, 5.74) is 1.73. The molecule has 1 saturated heterocycles. The highest BCUT2D eigenvalue weighted by Gasteiger charge is 2.58. The lowest BCUT2D eigenvalue weighted by molar-refractivity contribution is -0.143. The smallest absolute Gasteiger partial charge is 0.247 e. The van der Waals surface area contributed by atoms with E-state index in [1.54, 1.807) is 11.9 Å². The second-order valence-electron chi connectivity index (χ2n) is 10.6. The summed E-state index contributed by atoms with van der Waals surface area (Å²) in [6, 6.07) is 6.40. The molecule has 0 saturated carbocycles. The number of hydrogen-bond donors (Lipinski definition) is 3. The molecule has 0 radical (unpaired) electrons. The quantitative estimate of drug-likeness (QED) is 0.361. The summed E-state index contributed by atoms with van der Waals surface area (Å²) < 4.78 is 0. The van der Waals surface area contributed by atoms with Crippen molar-refractivity contribution in [2.75, 3.05) is 37.0 Å². The molecule has 1 aliphatic heterocycles. The van der Waals surface area contributed by atoms with Crippen LogP contribution < -0.4 is 15.5 Å². The van der Waals surface area contributed by atoms with E-state index in [0.29, 0.717) is 5.69 Å². The van der Waals surface area contributed by atoms with Crippen LogP contribution in [0.2, 0.25) is 0 Å². The number of aliphatic hydroxyl groups excluding tert-OH is 1. The lowest BCUT2D eigenvalue weighted by Crippen LogP contribution is -2.52. The maximum Gasteiger partial charge on any atom is 0.247 e. The van der Waals surface area contributed by atoms with Crippen LogP contribution in [0.5, 0.6) is 0 Å². The predicted molar refractivity (Wildman–Crippen MR) is 152 cm³/mol. The maximum atomic E-state index is 14.1. The van der Waals surface area contributed by atoms with Gasteiger partial charge in [0.2, 0.25) is 17.7 Å². The van der Waals surface area contributed by atoms with Crippen molar-refractivity contribution in [3.8, 4) is 0 Å². The highest BCUT2D eigenvalue weighted by Crippen LogP contribution is 2.46. The molecule has 1 aromatic carbocycles. The first-order valence-electron chi connectivity index (χ1n) is 14.3. The lowest BCUT2D eigenvalue weighted by Gasteiger charge is -2.36. The van der Waals surface area contributed by atoms with Gasteiger partial charge in [-0.15, -0.1) is 0 Å². The third-order valence-electron chi connectivity index (χ3n) is 8.60. The van der Waals surface area contributed by atoms with Crippen LogP contribution in [0.4, 0.5) is 11.4 Å². The molecule has 3 amide bonds. The van der Waals surface area contributed by atoms with E-state index < -0.39 is 29.8 Å². The molecular formula is C30H46N4O4.